The molecule has 2 aromatic rings. The molecule has 0 saturated heterocycles. The van der Waals surface area contributed by atoms with Crippen LogP contribution in [0.4, 0.5) is 10.1 Å². The molecule has 3 nitrogen and oxygen atoms in total. The highest BCUT2D eigenvalue weighted by Gasteiger charge is 2.03. The molecule has 2 rings (SSSR count). The smallest absolute Gasteiger partial charge is 0.222 e. The number of benzene rings is 2. The van der Waals surface area contributed by atoms with Crippen molar-refractivity contribution in [2.24, 2.45) is 0 Å². The summed E-state index contributed by atoms with van der Waals surface area (Å²) in [6.45, 7) is 3.00. The summed E-state index contributed by atoms with van der Waals surface area (Å²) in [5.41, 5.74) is 2.95. The predicted octanol–water partition coefficient (Wildman–Crippen LogP) is 3.91. The predicted molar refractivity (Wildman–Crippen MR) is 87.5 cm³/mol. The fourth-order valence-corrected chi connectivity index (χ4v) is 2.10. The molecule has 0 radical (unpaired) electrons. The van der Waals surface area contributed by atoms with Crippen LogP contribution in [-0.4, -0.2) is 12.5 Å². The molecule has 0 aliphatic carbocycles. The first kappa shape index (κ1) is 16.3. The van der Waals surface area contributed by atoms with Crippen LogP contribution in [-0.2, 0) is 11.3 Å². The summed E-state index contributed by atoms with van der Waals surface area (Å²) in [6.07, 6.45) is 0.334. The highest BCUT2D eigenvalue weighted by molar-refractivity contribution is 6.31. The van der Waals surface area contributed by atoms with E-state index < -0.39 is 5.82 Å². The van der Waals surface area contributed by atoms with Crippen LogP contribution >= 0.6 is 11.6 Å². The molecule has 1 amide bonds. The van der Waals surface area contributed by atoms with E-state index in [0.717, 1.165) is 5.56 Å². The number of rotatable bonds is 6. The van der Waals surface area contributed by atoms with E-state index in [1.54, 1.807) is 6.07 Å². The normalized spacial score (nSPS) is 10.3. The Labute approximate surface area is 134 Å². The van der Waals surface area contributed by atoms with E-state index in [2.05, 4.69) is 10.6 Å². The maximum Gasteiger partial charge on any atom is 0.222 e. The van der Waals surface area contributed by atoms with E-state index in [1.807, 2.05) is 31.2 Å². The lowest BCUT2D eigenvalue weighted by molar-refractivity contribution is -0.121. The second kappa shape index (κ2) is 7.80. The number of hydrogen-bond acceptors (Lipinski definition) is 2. The summed E-state index contributed by atoms with van der Waals surface area (Å²) in [5.74, 6) is -0.496. The van der Waals surface area contributed by atoms with Crippen LogP contribution in [0.1, 0.15) is 17.5 Å². The van der Waals surface area contributed by atoms with Gasteiger partial charge in [-0.3, -0.25) is 4.79 Å². The van der Waals surface area contributed by atoms with E-state index in [-0.39, 0.29) is 10.9 Å². The van der Waals surface area contributed by atoms with Crippen molar-refractivity contribution in [3.63, 3.8) is 0 Å². The first-order valence-electron chi connectivity index (χ1n) is 7.06. The van der Waals surface area contributed by atoms with Crippen LogP contribution in [0.3, 0.4) is 0 Å². The highest BCUT2D eigenvalue weighted by atomic mass is 35.5. The molecule has 0 spiro atoms. The Kier molecular flexibility index (Phi) is 5.78. The van der Waals surface area contributed by atoms with Gasteiger partial charge in [-0.1, -0.05) is 41.4 Å². The lowest BCUT2D eigenvalue weighted by Gasteiger charge is -2.08. The number of nitrogens with one attached hydrogen (secondary N) is 2. The third-order valence-electron chi connectivity index (χ3n) is 3.21. The molecule has 0 saturated carbocycles. The van der Waals surface area contributed by atoms with Gasteiger partial charge in [0.1, 0.15) is 5.82 Å². The van der Waals surface area contributed by atoms with E-state index >= 15 is 0 Å². The van der Waals surface area contributed by atoms with Gasteiger partial charge in [-0.05, 0) is 30.7 Å². The van der Waals surface area contributed by atoms with E-state index in [0.29, 0.717) is 25.2 Å². The molecule has 0 aromatic heterocycles. The molecule has 0 aliphatic rings. The zero-order valence-corrected chi connectivity index (χ0v) is 13.1. The Morgan fingerprint density at radius 3 is 2.59 bits per heavy atom. The minimum absolute atomic E-state index is 0.0405. The van der Waals surface area contributed by atoms with Crippen LogP contribution in [0.2, 0.25) is 5.02 Å². The molecule has 2 N–H and O–H groups in total. The van der Waals surface area contributed by atoms with Crippen molar-refractivity contribution in [1.29, 1.82) is 0 Å². The Hall–Kier alpha value is -2.07. The first-order chi connectivity index (χ1) is 10.5. The number of hydrogen-bond donors (Lipinski definition) is 2. The number of carbonyl (C=O) groups excluding carboxylic acids is 1. The number of amides is 1. The van der Waals surface area contributed by atoms with Gasteiger partial charge in [0.15, 0.2) is 0 Å². The Morgan fingerprint density at radius 2 is 1.91 bits per heavy atom. The number of halogens is 2. The van der Waals surface area contributed by atoms with Gasteiger partial charge in [-0.25, -0.2) is 4.39 Å². The molecule has 0 atom stereocenters. The van der Waals surface area contributed by atoms with E-state index in [9.17, 15) is 9.18 Å². The van der Waals surface area contributed by atoms with Crippen molar-refractivity contribution in [3.05, 3.63) is 64.4 Å². The lowest BCUT2D eigenvalue weighted by atomic mass is 10.1. The van der Waals surface area contributed by atoms with Gasteiger partial charge in [0.05, 0.1) is 5.02 Å². The monoisotopic (exact) mass is 320 g/mol. The largest absolute Gasteiger partial charge is 0.384 e. The lowest BCUT2D eigenvalue weighted by Crippen LogP contribution is -2.24. The van der Waals surface area contributed by atoms with Gasteiger partial charge in [0.25, 0.3) is 0 Å². The van der Waals surface area contributed by atoms with Gasteiger partial charge < -0.3 is 10.6 Å². The summed E-state index contributed by atoms with van der Waals surface area (Å²) in [6, 6.07) is 12.4. The summed E-state index contributed by atoms with van der Waals surface area (Å²) in [4.78, 5) is 11.8. The third kappa shape index (κ3) is 5.04. The van der Waals surface area contributed by atoms with E-state index in [1.165, 1.54) is 17.7 Å². The molecule has 0 aliphatic heterocycles. The van der Waals surface area contributed by atoms with Crippen molar-refractivity contribution in [3.8, 4) is 0 Å². The van der Waals surface area contributed by atoms with Gasteiger partial charge in [0, 0.05) is 25.2 Å². The van der Waals surface area contributed by atoms with Gasteiger partial charge in [-0.2, -0.15) is 0 Å². The van der Waals surface area contributed by atoms with Crippen LogP contribution in [0.25, 0.3) is 0 Å². The fourth-order valence-electron chi connectivity index (χ4n) is 1.92. The molecule has 0 fully saturated rings. The number of anilines is 1. The molecule has 0 bridgehead atoms. The zero-order valence-electron chi connectivity index (χ0n) is 12.3. The Balaban J connectivity index is 1.71. The summed E-state index contributed by atoms with van der Waals surface area (Å²) in [7, 11) is 0. The maximum atomic E-state index is 13.0. The van der Waals surface area contributed by atoms with Crippen molar-refractivity contribution in [2.75, 3.05) is 11.9 Å². The topological polar surface area (TPSA) is 41.1 Å². The third-order valence-corrected chi connectivity index (χ3v) is 3.50. The number of aryl methyl sites for hydroxylation is 1. The Morgan fingerprint density at radius 1 is 1.18 bits per heavy atom. The minimum Gasteiger partial charge on any atom is -0.384 e. The van der Waals surface area contributed by atoms with Gasteiger partial charge >= 0.3 is 0 Å². The van der Waals surface area contributed by atoms with Gasteiger partial charge in [-0.15, -0.1) is 0 Å². The van der Waals surface area contributed by atoms with Crippen LogP contribution in [0.5, 0.6) is 0 Å². The van der Waals surface area contributed by atoms with Crippen molar-refractivity contribution >= 4 is 23.2 Å². The number of carbonyl (C=O) groups is 1. The molecule has 116 valence electrons. The van der Waals surface area contributed by atoms with Gasteiger partial charge in [0.2, 0.25) is 5.91 Å². The van der Waals surface area contributed by atoms with E-state index in [4.69, 9.17) is 11.6 Å². The van der Waals surface area contributed by atoms with Crippen molar-refractivity contribution in [1.82, 2.24) is 5.32 Å². The quantitative estimate of drug-likeness (QED) is 0.847. The molecular weight excluding hydrogens is 303 g/mol. The summed E-state index contributed by atoms with van der Waals surface area (Å²) >= 11 is 5.69. The second-order valence-electron chi connectivity index (χ2n) is 5.07. The zero-order chi connectivity index (χ0) is 15.9. The molecule has 5 heteroatoms. The average Bonchev–Trinajstić information content (AvgIpc) is 2.50. The second-order valence-corrected chi connectivity index (χ2v) is 5.48. The molecule has 2 aromatic carbocycles. The minimum atomic E-state index is -0.456. The molecular formula is C17H18ClFN2O. The van der Waals surface area contributed by atoms with Crippen LogP contribution < -0.4 is 10.6 Å². The SMILES string of the molecule is Cc1ccc(CNC(=O)CCNc2ccc(F)c(Cl)c2)cc1. The average molecular weight is 321 g/mol. The van der Waals surface area contributed by atoms with Crippen molar-refractivity contribution < 1.29 is 9.18 Å². The standard InChI is InChI=1S/C17H18ClFN2O/c1-12-2-4-13(5-3-12)11-21-17(22)8-9-20-14-6-7-16(19)15(18)10-14/h2-7,10,20H,8-9,11H2,1H3,(H,21,22). The van der Waals surface area contributed by atoms with Crippen LogP contribution in [0, 0.1) is 12.7 Å². The molecule has 22 heavy (non-hydrogen) atoms. The first-order valence-corrected chi connectivity index (χ1v) is 7.43. The molecule has 0 heterocycles. The van der Waals surface area contributed by atoms with Crippen molar-refractivity contribution in [2.45, 2.75) is 19.9 Å². The summed E-state index contributed by atoms with van der Waals surface area (Å²) < 4.78 is 13.0. The van der Waals surface area contributed by atoms with Crippen LogP contribution in [0.15, 0.2) is 42.5 Å². The highest BCUT2D eigenvalue weighted by Crippen LogP contribution is 2.19. The maximum absolute atomic E-state index is 13.0. The fraction of sp³-hybridized carbons (Fsp3) is 0.235. The Bertz CT molecular complexity index is 644. The molecule has 0 unspecified atom stereocenters. The summed E-state index contributed by atoms with van der Waals surface area (Å²) in [5, 5.41) is 5.96.